The molecule has 0 amide bonds. The molecule has 1 aliphatic heterocycles. The summed E-state index contributed by atoms with van der Waals surface area (Å²) in [5, 5.41) is 0. The Morgan fingerprint density at radius 2 is 1.72 bits per heavy atom. The molecule has 0 unspecified atom stereocenters. The van der Waals surface area contributed by atoms with E-state index in [0.29, 0.717) is 26.1 Å². The third-order valence-corrected chi connectivity index (χ3v) is 3.98. The first-order valence-corrected chi connectivity index (χ1v) is 8.22. The molecule has 0 aromatic heterocycles. The van der Waals surface area contributed by atoms with Crippen LogP contribution in [0.15, 0.2) is 25.3 Å². The highest BCUT2D eigenvalue weighted by Crippen LogP contribution is 2.35. The summed E-state index contributed by atoms with van der Waals surface area (Å²) >= 11 is 0. The molecule has 0 saturated carbocycles. The molecule has 1 heterocycles. The quantitative estimate of drug-likeness (QED) is 0.247. The molecule has 0 radical (unpaired) electrons. The van der Waals surface area contributed by atoms with Gasteiger partial charge >= 0.3 is 11.9 Å². The van der Waals surface area contributed by atoms with Gasteiger partial charge in [0.15, 0.2) is 11.2 Å². The third kappa shape index (κ3) is 5.73. The van der Waals surface area contributed by atoms with Crippen molar-refractivity contribution in [3.05, 3.63) is 25.3 Å². The van der Waals surface area contributed by atoms with Gasteiger partial charge in [0, 0.05) is 12.8 Å². The van der Waals surface area contributed by atoms with Gasteiger partial charge in [-0.05, 0) is 19.8 Å². The van der Waals surface area contributed by atoms with Crippen LogP contribution >= 0.6 is 0 Å². The number of ether oxygens (including phenoxy) is 4. The SMILES string of the molecule is C#CCC(CCCC1(C)OCCO1)(C(=O)OCC=C)C(=O)OCC=C. The van der Waals surface area contributed by atoms with Gasteiger partial charge in [-0.3, -0.25) is 9.59 Å². The predicted molar refractivity (Wildman–Crippen MR) is 92.4 cm³/mol. The van der Waals surface area contributed by atoms with Gasteiger partial charge in [-0.1, -0.05) is 25.3 Å². The monoisotopic (exact) mass is 350 g/mol. The van der Waals surface area contributed by atoms with Crippen molar-refractivity contribution in [2.75, 3.05) is 26.4 Å². The van der Waals surface area contributed by atoms with E-state index in [0.717, 1.165) is 0 Å². The van der Waals surface area contributed by atoms with Gasteiger partial charge in [0.05, 0.1) is 13.2 Å². The van der Waals surface area contributed by atoms with E-state index in [-0.39, 0.29) is 26.1 Å². The van der Waals surface area contributed by atoms with Gasteiger partial charge in [0.25, 0.3) is 0 Å². The molecule has 1 aliphatic rings. The van der Waals surface area contributed by atoms with Crippen molar-refractivity contribution in [3.63, 3.8) is 0 Å². The van der Waals surface area contributed by atoms with Gasteiger partial charge in [-0.2, -0.15) is 0 Å². The smallest absolute Gasteiger partial charge is 0.324 e. The summed E-state index contributed by atoms with van der Waals surface area (Å²) in [6.45, 7) is 9.85. The molecule has 1 rings (SSSR count). The second kappa shape index (κ2) is 10.0. The van der Waals surface area contributed by atoms with E-state index in [1.165, 1.54) is 12.2 Å². The maximum atomic E-state index is 12.6. The van der Waals surface area contributed by atoms with Crippen LogP contribution < -0.4 is 0 Å². The maximum absolute atomic E-state index is 12.6. The van der Waals surface area contributed by atoms with Crippen molar-refractivity contribution in [2.24, 2.45) is 5.41 Å². The molecule has 6 nitrogen and oxygen atoms in total. The van der Waals surface area contributed by atoms with Gasteiger partial charge in [0.1, 0.15) is 13.2 Å². The summed E-state index contributed by atoms with van der Waals surface area (Å²) < 4.78 is 21.3. The lowest BCUT2D eigenvalue weighted by atomic mass is 9.79. The van der Waals surface area contributed by atoms with Crippen LogP contribution in [0.25, 0.3) is 0 Å². The van der Waals surface area contributed by atoms with Gasteiger partial charge in [-0.25, -0.2) is 0 Å². The van der Waals surface area contributed by atoms with E-state index in [2.05, 4.69) is 19.1 Å². The highest BCUT2D eigenvalue weighted by atomic mass is 16.7. The zero-order valence-corrected chi connectivity index (χ0v) is 14.8. The highest BCUT2D eigenvalue weighted by Gasteiger charge is 2.48. The Kier molecular flexibility index (Phi) is 8.39. The van der Waals surface area contributed by atoms with Crippen molar-refractivity contribution >= 4 is 11.9 Å². The van der Waals surface area contributed by atoms with Crippen LogP contribution in [0.3, 0.4) is 0 Å². The van der Waals surface area contributed by atoms with Crippen LogP contribution in [0.4, 0.5) is 0 Å². The zero-order valence-electron chi connectivity index (χ0n) is 14.8. The molecule has 0 bridgehead atoms. The standard InChI is InChI=1S/C19H26O6/c1-5-9-19(16(20)22-12-6-2,17(21)23-13-7-3)11-8-10-18(4)24-14-15-25-18/h1,6-7H,2-3,8-15H2,4H3. The fourth-order valence-electron chi connectivity index (χ4n) is 2.65. The molecule has 0 aliphatic carbocycles. The average Bonchev–Trinajstić information content (AvgIpc) is 3.03. The summed E-state index contributed by atoms with van der Waals surface area (Å²) in [6.07, 6.45) is 9.31. The lowest BCUT2D eigenvalue weighted by molar-refractivity contribution is -0.173. The van der Waals surface area contributed by atoms with Crippen molar-refractivity contribution in [2.45, 2.75) is 38.4 Å². The first-order chi connectivity index (χ1) is 11.9. The number of carbonyl (C=O) groups is 2. The van der Waals surface area contributed by atoms with Crippen LogP contribution in [-0.2, 0) is 28.5 Å². The summed E-state index contributed by atoms with van der Waals surface area (Å²) in [5.41, 5.74) is -1.56. The first-order valence-electron chi connectivity index (χ1n) is 8.22. The lowest BCUT2D eigenvalue weighted by Gasteiger charge is -2.29. The molecule has 0 atom stereocenters. The van der Waals surface area contributed by atoms with Crippen molar-refractivity contribution in [1.82, 2.24) is 0 Å². The zero-order chi connectivity index (χ0) is 18.8. The van der Waals surface area contributed by atoms with Gasteiger partial charge in [-0.15, -0.1) is 12.3 Å². The molecular formula is C19H26O6. The van der Waals surface area contributed by atoms with Crippen LogP contribution in [0.1, 0.15) is 32.6 Å². The molecule has 1 fully saturated rings. The molecule has 138 valence electrons. The summed E-state index contributed by atoms with van der Waals surface area (Å²) in [4.78, 5) is 25.1. The van der Waals surface area contributed by atoms with Gasteiger partial charge in [0.2, 0.25) is 0 Å². The fourth-order valence-corrected chi connectivity index (χ4v) is 2.65. The van der Waals surface area contributed by atoms with Crippen molar-refractivity contribution < 1.29 is 28.5 Å². The summed E-state index contributed by atoms with van der Waals surface area (Å²) in [7, 11) is 0. The minimum absolute atomic E-state index is 0.0101. The van der Waals surface area contributed by atoms with E-state index in [1.54, 1.807) is 0 Å². The van der Waals surface area contributed by atoms with E-state index < -0.39 is 23.1 Å². The topological polar surface area (TPSA) is 71.1 Å². The molecule has 25 heavy (non-hydrogen) atoms. The number of hydrogen-bond acceptors (Lipinski definition) is 6. The van der Waals surface area contributed by atoms with Crippen molar-refractivity contribution in [3.8, 4) is 12.3 Å². The van der Waals surface area contributed by atoms with Crippen LogP contribution in [0, 0.1) is 17.8 Å². The van der Waals surface area contributed by atoms with Gasteiger partial charge < -0.3 is 18.9 Å². The number of hydrogen-bond donors (Lipinski definition) is 0. The fraction of sp³-hybridized carbons (Fsp3) is 0.579. The molecule has 0 aromatic carbocycles. The highest BCUT2D eigenvalue weighted by molar-refractivity contribution is 6.00. The third-order valence-electron chi connectivity index (χ3n) is 3.98. The second-order valence-electron chi connectivity index (χ2n) is 5.92. The Hall–Kier alpha value is -2.10. The minimum atomic E-state index is -1.56. The number of esters is 2. The second-order valence-corrected chi connectivity index (χ2v) is 5.92. The Balaban J connectivity index is 2.90. The number of rotatable bonds is 11. The van der Waals surface area contributed by atoms with E-state index >= 15 is 0 Å². The summed E-state index contributed by atoms with van der Waals surface area (Å²) in [5.74, 6) is 0.264. The molecule has 1 saturated heterocycles. The maximum Gasteiger partial charge on any atom is 0.324 e. The molecule has 6 heteroatoms. The average molecular weight is 350 g/mol. The summed E-state index contributed by atoms with van der Waals surface area (Å²) in [6, 6.07) is 0. The lowest BCUT2D eigenvalue weighted by Crippen LogP contribution is -2.42. The largest absolute Gasteiger partial charge is 0.461 e. The van der Waals surface area contributed by atoms with Crippen LogP contribution in [-0.4, -0.2) is 44.2 Å². The van der Waals surface area contributed by atoms with Crippen LogP contribution in [0.5, 0.6) is 0 Å². The number of terminal acetylenes is 1. The first kappa shape index (κ1) is 20.9. The Bertz CT molecular complexity index is 501. The van der Waals surface area contributed by atoms with E-state index in [9.17, 15) is 9.59 Å². The Labute approximate surface area is 149 Å². The Morgan fingerprint density at radius 1 is 1.20 bits per heavy atom. The molecule has 0 aromatic rings. The molecule has 0 N–H and O–H groups in total. The van der Waals surface area contributed by atoms with E-state index in [1.807, 2.05) is 6.92 Å². The van der Waals surface area contributed by atoms with E-state index in [4.69, 9.17) is 25.4 Å². The predicted octanol–water partition coefficient (Wildman–Crippen LogP) is 2.39. The molecule has 0 spiro atoms. The van der Waals surface area contributed by atoms with Crippen molar-refractivity contribution in [1.29, 1.82) is 0 Å². The minimum Gasteiger partial charge on any atom is -0.461 e. The molecular weight excluding hydrogens is 324 g/mol. The Morgan fingerprint density at radius 3 is 2.16 bits per heavy atom. The number of carbonyl (C=O) groups excluding carboxylic acids is 2. The van der Waals surface area contributed by atoms with Crippen LogP contribution in [0.2, 0.25) is 0 Å². The normalized spacial score (nSPS) is 15.8.